The molecule has 4 aromatic rings. The van der Waals surface area contributed by atoms with Crippen LogP contribution in [-0.4, -0.2) is 54.0 Å². The van der Waals surface area contributed by atoms with Gasteiger partial charge in [0.15, 0.2) is 0 Å². The Morgan fingerprint density at radius 3 is 2.18 bits per heavy atom. The summed E-state index contributed by atoms with van der Waals surface area (Å²) in [6.07, 6.45) is 0.371. The average molecular weight is 625 g/mol. The minimum atomic E-state index is -0.778. The summed E-state index contributed by atoms with van der Waals surface area (Å²) in [5.74, 6) is -1.70. The van der Waals surface area contributed by atoms with Crippen LogP contribution in [0.4, 0.5) is 0 Å². The van der Waals surface area contributed by atoms with Gasteiger partial charge in [-0.2, -0.15) is 5.48 Å². The fourth-order valence-corrected chi connectivity index (χ4v) is 6.13. The number of likely N-dealkylation sites (tertiary alicyclic amines) is 1. The smallest absolute Gasteiger partial charge is 0.336 e. The molecule has 13 nitrogen and oxygen atoms in total. The van der Waals surface area contributed by atoms with Gasteiger partial charge < -0.3 is 9.74 Å². The summed E-state index contributed by atoms with van der Waals surface area (Å²) < 4.78 is 5.79. The molecular weight excluding hydrogens is 592 g/mol. The van der Waals surface area contributed by atoms with Crippen LogP contribution in [0.1, 0.15) is 55.6 Å². The van der Waals surface area contributed by atoms with Crippen molar-refractivity contribution < 1.29 is 19.2 Å². The molecule has 5 rings (SSSR count). The van der Waals surface area contributed by atoms with Gasteiger partial charge in [-0.3, -0.25) is 32.7 Å². The summed E-state index contributed by atoms with van der Waals surface area (Å²) in [6.45, 7) is 6.12. The zero-order chi connectivity index (χ0) is 31.9. The highest BCUT2D eigenvalue weighted by molar-refractivity contribution is 6.31. The predicted molar refractivity (Wildman–Crippen MR) is 164 cm³/mol. The number of imidazole rings is 1. The second kappa shape index (κ2) is 12.2. The number of nitrogens with one attached hydrogen (secondary N) is 1. The third-order valence-electron chi connectivity index (χ3n) is 8.13. The molecule has 0 unspecified atom stereocenters. The zero-order valence-corrected chi connectivity index (χ0v) is 25.6. The molecule has 1 N–H and O–H groups in total. The fourth-order valence-electron chi connectivity index (χ4n) is 5.95. The van der Waals surface area contributed by atoms with Gasteiger partial charge in [0.1, 0.15) is 0 Å². The van der Waals surface area contributed by atoms with E-state index in [2.05, 4.69) is 0 Å². The zero-order valence-electron chi connectivity index (χ0n) is 24.9. The maximum atomic E-state index is 14.0. The van der Waals surface area contributed by atoms with Crippen molar-refractivity contribution in [2.45, 2.75) is 59.2 Å². The van der Waals surface area contributed by atoms with Crippen LogP contribution in [0, 0.1) is 0 Å². The number of aromatic nitrogens is 4. The minimum absolute atomic E-state index is 0.222. The van der Waals surface area contributed by atoms with E-state index in [1.54, 1.807) is 51.4 Å². The van der Waals surface area contributed by atoms with Crippen LogP contribution in [0.5, 0.6) is 0 Å². The molecule has 0 bridgehead atoms. The number of carbonyl (C=O) groups excluding carboxylic acids is 3. The molecule has 44 heavy (non-hydrogen) atoms. The van der Waals surface area contributed by atoms with Crippen LogP contribution in [-0.2, 0) is 41.0 Å². The number of nitrogens with zero attached hydrogens (tertiary/aromatic N) is 5. The highest BCUT2D eigenvalue weighted by Gasteiger charge is 2.30. The Labute approximate surface area is 256 Å². The lowest BCUT2D eigenvalue weighted by molar-refractivity contribution is -0.156. The van der Waals surface area contributed by atoms with Crippen LogP contribution >= 0.6 is 11.6 Å². The second-order valence-corrected chi connectivity index (χ2v) is 11.2. The number of benzene rings is 2. The first-order chi connectivity index (χ1) is 21.0. The normalized spacial score (nSPS) is 13.9. The Balaban J connectivity index is 1.48. The van der Waals surface area contributed by atoms with Crippen molar-refractivity contribution in [3.8, 4) is 0 Å². The summed E-state index contributed by atoms with van der Waals surface area (Å²) in [7, 11) is 1.60. The molecule has 0 saturated carbocycles. The summed E-state index contributed by atoms with van der Waals surface area (Å²) in [4.78, 5) is 83.9. The Morgan fingerprint density at radius 2 is 1.57 bits per heavy atom. The topological polar surface area (TPSA) is 147 Å². The van der Waals surface area contributed by atoms with Crippen LogP contribution in [0.2, 0.25) is 5.02 Å². The Hall–Kier alpha value is -4.65. The number of rotatable bonds is 6. The first kappa shape index (κ1) is 30.8. The number of hydrogen-bond donors (Lipinski definition) is 1. The first-order valence-electron chi connectivity index (χ1n) is 14.4. The Bertz CT molecular complexity index is 2000. The number of amides is 2. The second-order valence-electron chi connectivity index (χ2n) is 10.8. The maximum Gasteiger partial charge on any atom is 0.336 e. The predicted octanol–water partition coefficient (Wildman–Crippen LogP) is 2.12. The average Bonchev–Trinajstić information content (AvgIpc) is 3.27. The maximum absolute atomic E-state index is 14.0. The highest BCUT2D eigenvalue weighted by atomic mass is 35.5. The molecule has 1 aliphatic heterocycles. The number of fused-ring (bicyclic) bond motifs is 2. The lowest BCUT2D eigenvalue weighted by atomic mass is 9.99. The van der Waals surface area contributed by atoms with Crippen LogP contribution in [0.25, 0.3) is 21.9 Å². The van der Waals surface area contributed by atoms with E-state index in [0.717, 1.165) is 0 Å². The van der Waals surface area contributed by atoms with E-state index in [1.807, 2.05) is 19.3 Å². The third-order valence-corrected chi connectivity index (χ3v) is 8.36. The van der Waals surface area contributed by atoms with E-state index < -0.39 is 29.2 Å². The minimum Gasteiger partial charge on any atom is -0.340 e. The van der Waals surface area contributed by atoms with Gasteiger partial charge in [-0.15, -0.1) is 0 Å². The number of aryl methyl sites for hydroxylation is 3. The van der Waals surface area contributed by atoms with E-state index in [9.17, 15) is 28.8 Å². The van der Waals surface area contributed by atoms with Gasteiger partial charge in [0.25, 0.3) is 11.5 Å². The van der Waals surface area contributed by atoms with Gasteiger partial charge in [-0.05, 0) is 62.6 Å². The molecule has 2 amide bonds. The summed E-state index contributed by atoms with van der Waals surface area (Å²) in [6, 6.07) is 7.63. The molecule has 232 valence electrons. The van der Waals surface area contributed by atoms with Crippen molar-refractivity contribution in [2.75, 3.05) is 13.1 Å². The van der Waals surface area contributed by atoms with E-state index >= 15 is 0 Å². The van der Waals surface area contributed by atoms with Crippen molar-refractivity contribution in [1.29, 1.82) is 0 Å². The van der Waals surface area contributed by atoms with E-state index in [0.29, 0.717) is 58.5 Å². The van der Waals surface area contributed by atoms with E-state index in [1.165, 1.54) is 16.1 Å². The standard InChI is InChI=1S/C30H33ClN6O7/c1-5-35-24-13-18(14-26(39)44-32-17(3)38)21(16-25(24)36(6-2)30(35)43)27(40)34-11-9-20(10-12-34)37-28(41)22-15-19(31)7-8-23(22)33(4)29(37)42/h7-8,13,15-16,20H,5-6,9-12,14H2,1-4H3,(H,32,38). The molecule has 0 spiro atoms. The number of hydrogen-bond acceptors (Lipinski definition) is 7. The lowest BCUT2D eigenvalue weighted by Gasteiger charge is -2.33. The van der Waals surface area contributed by atoms with Gasteiger partial charge in [-0.1, -0.05) is 11.6 Å². The Morgan fingerprint density at radius 1 is 0.932 bits per heavy atom. The molecule has 1 aliphatic rings. The molecule has 0 atom stereocenters. The third kappa shape index (κ3) is 5.43. The van der Waals surface area contributed by atoms with Crippen molar-refractivity contribution >= 4 is 51.3 Å². The van der Waals surface area contributed by atoms with E-state index in [4.69, 9.17) is 16.4 Å². The monoisotopic (exact) mass is 624 g/mol. The van der Waals surface area contributed by atoms with Crippen molar-refractivity contribution in [1.82, 2.24) is 28.6 Å². The van der Waals surface area contributed by atoms with Gasteiger partial charge in [0, 0.05) is 56.8 Å². The summed E-state index contributed by atoms with van der Waals surface area (Å²) in [5.41, 5.74) is 3.07. The van der Waals surface area contributed by atoms with Crippen LogP contribution in [0.3, 0.4) is 0 Å². The van der Waals surface area contributed by atoms with Gasteiger partial charge in [0.2, 0.25) is 5.91 Å². The van der Waals surface area contributed by atoms with Crippen molar-refractivity contribution in [2.24, 2.45) is 7.05 Å². The molecular formula is C30H33ClN6O7. The van der Waals surface area contributed by atoms with Crippen LogP contribution < -0.4 is 22.4 Å². The lowest BCUT2D eigenvalue weighted by Crippen LogP contribution is -2.46. The molecule has 3 heterocycles. The van der Waals surface area contributed by atoms with E-state index in [-0.39, 0.29) is 36.7 Å². The number of piperidine rings is 1. The molecule has 1 saturated heterocycles. The molecule has 2 aromatic heterocycles. The quantitative estimate of drug-likeness (QED) is 0.323. The molecule has 0 aliphatic carbocycles. The molecule has 14 heteroatoms. The number of hydroxylamine groups is 1. The van der Waals surface area contributed by atoms with Gasteiger partial charge in [0.05, 0.1) is 28.4 Å². The Kier molecular flexibility index (Phi) is 8.51. The van der Waals surface area contributed by atoms with Crippen molar-refractivity contribution in [3.05, 3.63) is 77.8 Å². The largest absolute Gasteiger partial charge is 0.340 e. The molecule has 1 fully saturated rings. The van der Waals surface area contributed by atoms with Gasteiger partial charge in [-0.25, -0.2) is 14.4 Å². The fraction of sp³-hybridized carbons (Fsp3) is 0.400. The summed E-state index contributed by atoms with van der Waals surface area (Å²) in [5, 5.41) is 0.722. The SMILES string of the molecule is CCn1c(=O)n(CC)c2cc(C(=O)N3CCC(n4c(=O)c5cc(Cl)ccc5n(C)c4=O)CC3)c(CC(=O)ONC(C)=O)cc21. The number of halogens is 1. The van der Waals surface area contributed by atoms with Crippen LogP contribution in [0.15, 0.2) is 44.7 Å². The summed E-state index contributed by atoms with van der Waals surface area (Å²) >= 11 is 6.14. The van der Waals surface area contributed by atoms with Crippen molar-refractivity contribution in [3.63, 3.8) is 0 Å². The highest BCUT2D eigenvalue weighted by Crippen LogP contribution is 2.27. The number of carbonyl (C=O) groups is 3. The first-order valence-corrected chi connectivity index (χ1v) is 14.8. The van der Waals surface area contributed by atoms with Gasteiger partial charge >= 0.3 is 17.3 Å². The molecule has 2 aromatic carbocycles. The molecule has 0 radical (unpaired) electrons.